The molecule has 0 N–H and O–H groups in total. The molecule has 27 heavy (non-hydrogen) atoms. The molecule has 2 heterocycles. The third-order valence-electron chi connectivity index (χ3n) is 4.34. The van der Waals surface area contributed by atoms with E-state index < -0.39 is 0 Å². The molecule has 0 atom stereocenters. The van der Waals surface area contributed by atoms with Gasteiger partial charge in [-0.15, -0.1) is 10.2 Å². The number of rotatable bonds is 4. The number of azo groups is 1. The average molecular weight is 379 g/mol. The molecule has 0 saturated heterocycles. The first-order valence-electron chi connectivity index (χ1n) is 8.29. The van der Waals surface area contributed by atoms with Gasteiger partial charge in [-0.2, -0.15) is 0 Å². The lowest BCUT2D eigenvalue weighted by Crippen LogP contribution is -2.19. The highest BCUT2D eigenvalue weighted by Crippen LogP contribution is 2.31. The van der Waals surface area contributed by atoms with Gasteiger partial charge in [0.15, 0.2) is 5.69 Å². The summed E-state index contributed by atoms with van der Waals surface area (Å²) in [6.07, 6.45) is 0. The lowest BCUT2D eigenvalue weighted by molar-refractivity contribution is 0.415. The van der Waals surface area contributed by atoms with Crippen LogP contribution in [0.15, 0.2) is 63.6 Å². The smallest absolute Gasteiger partial charge is 0.299 e. The van der Waals surface area contributed by atoms with Crippen LogP contribution in [-0.4, -0.2) is 21.5 Å². The number of hydrogen-bond acceptors (Lipinski definition) is 6. The second-order valence-electron chi connectivity index (χ2n) is 5.94. The van der Waals surface area contributed by atoms with E-state index >= 15 is 0 Å². The molecular formula is C19H17N5O2S. The van der Waals surface area contributed by atoms with Crippen LogP contribution in [0.25, 0.3) is 15.9 Å². The standard InChI is InChI=1S/C19H17N5O2S/c1-12-17(18(25)24(23(12)2)13-7-5-4-6-8-13)21-22-19-20-15-10-9-14(26-3)11-16(15)27-19/h4-11H,1-3H3. The van der Waals surface area contributed by atoms with E-state index in [0.717, 1.165) is 27.3 Å². The molecule has 0 bridgehead atoms. The van der Waals surface area contributed by atoms with Gasteiger partial charge in [-0.05, 0) is 37.3 Å². The minimum absolute atomic E-state index is 0.215. The van der Waals surface area contributed by atoms with Gasteiger partial charge in [0.05, 0.1) is 28.7 Å². The summed E-state index contributed by atoms with van der Waals surface area (Å²) in [5.74, 6) is 0.763. The second-order valence-corrected chi connectivity index (χ2v) is 6.95. The van der Waals surface area contributed by atoms with E-state index in [-0.39, 0.29) is 5.56 Å². The van der Waals surface area contributed by atoms with Crippen molar-refractivity contribution in [3.8, 4) is 11.4 Å². The van der Waals surface area contributed by atoms with E-state index in [0.29, 0.717) is 10.8 Å². The van der Waals surface area contributed by atoms with Crippen LogP contribution in [0.4, 0.5) is 10.8 Å². The lowest BCUT2D eigenvalue weighted by Gasteiger charge is -2.07. The Morgan fingerprint density at radius 1 is 1.11 bits per heavy atom. The summed E-state index contributed by atoms with van der Waals surface area (Å²) in [5, 5.41) is 8.90. The summed E-state index contributed by atoms with van der Waals surface area (Å²) in [7, 11) is 3.45. The number of aromatic nitrogens is 3. The number of para-hydroxylation sites is 1. The maximum Gasteiger partial charge on any atom is 0.299 e. The molecule has 0 aliphatic carbocycles. The van der Waals surface area contributed by atoms with Crippen LogP contribution >= 0.6 is 11.3 Å². The Morgan fingerprint density at radius 2 is 1.89 bits per heavy atom. The Hall–Kier alpha value is -3.26. The zero-order valence-corrected chi connectivity index (χ0v) is 15.9. The third kappa shape index (κ3) is 3.04. The van der Waals surface area contributed by atoms with E-state index in [1.807, 2.05) is 62.5 Å². The van der Waals surface area contributed by atoms with Gasteiger partial charge in [-0.3, -0.25) is 9.48 Å². The summed E-state index contributed by atoms with van der Waals surface area (Å²) in [6.45, 7) is 1.85. The molecule has 0 aliphatic heterocycles. The predicted molar refractivity (Wildman–Crippen MR) is 106 cm³/mol. The number of nitrogens with zero attached hydrogens (tertiary/aromatic N) is 5. The first-order chi connectivity index (χ1) is 13.1. The fraction of sp³-hybridized carbons (Fsp3) is 0.158. The van der Waals surface area contributed by atoms with Crippen molar-refractivity contribution in [2.24, 2.45) is 17.3 Å². The molecule has 0 amide bonds. The number of hydrogen-bond donors (Lipinski definition) is 0. The van der Waals surface area contributed by atoms with Crippen LogP contribution in [-0.2, 0) is 7.05 Å². The fourth-order valence-electron chi connectivity index (χ4n) is 2.82. The Bertz CT molecular complexity index is 1200. The van der Waals surface area contributed by atoms with Gasteiger partial charge >= 0.3 is 0 Å². The number of benzene rings is 2. The Balaban J connectivity index is 1.74. The quantitative estimate of drug-likeness (QED) is 0.489. The van der Waals surface area contributed by atoms with Crippen LogP contribution in [0.3, 0.4) is 0 Å². The van der Waals surface area contributed by atoms with Gasteiger partial charge in [0.2, 0.25) is 5.13 Å². The van der Waals surface area contributed by atoms with Crippen LogP contribution < -0.4 is 10.3 Å². The minimum Gasteiger partial charge on any atom is -0.497 e. The van der Waals surface area contributed by atoms with Gasteiger partial charge < -0.3 is 4.74 Å². The van der Waals surface area contributed by atoms with Crippen LogP contribution in [0, 0.1) is 6.92 Å². The molecule has 0 spiro atoms. The normalized spacial score (nSPS) is 11.5. The third-order valence-corrected chi connectivity index (χ3v) is 5.25. The van der Waals surface area contributed by atoms with Gasteiger partial charge in [-0.25, -0.2) is 9.67 Å². The van der Waals surface area contributed by atoms with Gasteiger partial charge in [0, 0.05) is 7.05 Å². The van der Waals surface area contributed by atoms with Crippen molar-refractivity contribution in [1.82, 2.24) is 14.3 Å². The summed E-state index contributed by atoms with van der Waals surface area (Å²) in [6, 6.07) is 15.1. The van der Waals surface area contributed by atoms with Crippen LogP contribution in [0.1, 0.15) is 5.69 Å². The molecule has 136 valence electrons. The second kappa shape index (κ2) is 6.81. The van der Waals surface area contributed by atoms with E-state index in [9.17, 15) is 4.79 Å². The predicted octanol–water partition coefficient (Wildman–Crippen LogP) is 4.52. The maximum atomic E-state index is 12.8. The largest absolute Gasteiger partial charge is 0.497 e. The van der Waals surface area contributed by atoms with E-state index in [1.54, 1.807) is 16.5 Å². The number of methoxy groups -OCH3 is 1. The van der Waals surface area contributed by atoms with Crippen LogP contribution in [0.5, 0.6) is 5.75 Å². The van der Waals surface area contributed by atoms with Gasteiger partial charge in [0.25, 0.3) is 5.56 Å². The molecular weight excluding hydrogens is 362 g/mol. The Kier molecular flexibility index (Phi) is 4.33. The van der Waals surface area contributed by atoms with Crippen molar-refractivity contribution in [3.63, 3.8) is 0 Å². The van der Waals surface area contributed by atoms with Gasteiger partial charge in [-0.1, -0.05) is 29.5 Å². The topological polar surface area (TPSA) is 73.8 Å². The van der Waals surface area contributed by atoms with E-state index in [4.69, 9.17) is 4.74 Å². The number of ether oxygens (including phenoxy) is 1. The lowest BCUT2D eigenvalue weighted by atomic mass is 10.3. The zero-order valence-electron chi connectivity index (χ0n) is 15.1. The van der Waals surface area contributed by atoms with Crippen molar-refractivity contribution >= 4 is 32.4 Å². The molecule has 8 heteroatoms. The SMILES string of the molecule is COc1ccc2nc(N=Nc3c(C)n(C)n(-c4ccccc4)c3=O)sc2c1. The molecule has 0 radical (unpaired) electrons. The molecule has 2 aromatic carbocycles. The highest BCUT2D eigenvalue weighted by molar-refractivity contribution is 7.21. The van der Waals surface area contributed by atoms with E-state index in [1.165, 1.54) is 11.3 Å². The maximum absolute atomic E-state index is 12.8. The van der Waals surface area contributed by atoms with Crippen molar-refractivity contribution in [3.05, 3.63) is 64.6 Å². The zero-order chi connectivity index (χ0) is 19.0. The first-order valence-corrected chi connectivity index (χ1v) is 9.10. The highest BCUT2D eigenvalue weighted by Gasteiger charge is 2.16. The molecule has 0 unspecified atom stereocenters. The summed E-state index contributed by atoms with van der Waals surface area (Å²) >= 11 is 1.40. The van der Waals surface area contributed by atoms with Crippen LogP contribution in [0.2, 0.25) is 0 Å². The highest BCUT2D eigenvalue weighted by atomic mass is 32.1. The minimum atomic E-state index is -0.215. The fourth-order valence-corrected chi connectivity index (χ4v) is 3.64. The molecule has 0 aliphatic rings. The molecule has 2 aromatic heterocycles. The molecule has 7 nitrogen and oxygen atoms in total. The molecule has 4 rings (SSSR count). The molecule has 4 aromatic rings. The van der Waals surface area contributed by atoms with E-state index in [2.05, 4.69) is 15.2 Å². The van der Waals surface area contributed by atoms with Crippen molar-refractivity contribution in [2.45, 2.75) is 6.92 Å². The summed E-state index contributed by atoms with van der Waals surface area (Å²) in [5.41, 5.74) is 2.42. The molecule has 0 saturated carbocycles. The Labute approximate surface area is 159 Å². The van der Waals surface area contributed by atoms with Crippen molar-refractivity contribution < 1.29 is 4.74 Å². The van der Waals surface area contributed by atoms with Gasteiger partial charge in [0.1, 0.15) is 5.75 Å². The first kappa shape index (κ1) is 17.2. The average Bonchev–Trinajstić information content (AvgIpc) is 3.19. The monoisotopic (exact) mass is 379 g/mol. The summed E-state index contributed by atoms with van der Waals surface area (Å²) < 4.78 is 9.53. The number of thiazole rings is 1. The Morgan fingerprint density at radius 3 is 2.63 bits per heavy atom. The van der Waals surface area contributed by atoms with Crippen molar-refractivity contribution in [1.29, 1.82) is 0 Å². The summed E-state index contributed by atoms with van der Waals surface area (Å²) in [4.78, 5) is 17.3. The number of fused-ring (bicyclic) bond motifs is 1. The van der Waals surface area contributed by atoms with Crippen molar-refractivity contribution in [2.75, 3.05) is 7.11 Å². The molecule has 0 fully saturated rings.